The highest BCUT2D eigenvalue weighted by molar-refractivity contribution is 7.92. The second-order valence-corrected chi connectivity index (χ2v) is 14.5. The van der Waals surface area contributed by atoms with Crippen molar-refractivity contribution in [2.45, 2.75) is 37.6 Å². The number of hydrogen-bond acceptors (Lipinski definition) is 13. The van der Waals surface area contributed by atoms with Crippen LogP contribution < -0.4 is 36.6 Å². The van der Waals surface area contributed by atoms with Gasteiger partial charge in [-0.1, -0.05) is 48.0 Å². The fourth-order valence-electron chi connectivity index (χ4n) is 6.33. The average molecular weight is 766 g/mol. The summed E-state index contributed by atoms with van der Waals surface area (Å²) in [6.45, 7) is 6.82. The van der Waals surface area contributed by atoms with Gasteiger partial charge in [-0.3, -0.25) is 9.29 Å². The molecule has 5 aromatic rings. The van der Waals surface area contributed by atoms with Gasteiger partial charge in [-0.2, -0.15) is 15.0 Å². The quantitative estimate of drug-likeness (QED) is 0.114. The molecule has 2 aliphatic heterocycles. The number of hydrogen-bond donors (Lipinski definition) is 4. The Morgan fingerprint density at radius 2 is 1.36 bits per heavy atom. The Morgan fingerprint density at radius 3 is 1.98 bits per heavy atom. The number of nitrogens with one attached hydrogen (secondary N) is 1. The topological polar surface area (TPSA) is 201 Å². The van der Waals surface area contributed by atoms with Gasteiger partial charge in [0.1, 0.15) is 5.75 Å². The van der Waals surface area contributed by atoms with Crippen molar-refractivity contribution in [1.29, 1.82) is 0 Å². The number of aryl methyl sites for hydroxylation is 1. The molecule has 4 heterocycles. The number of pyridine rings is 1. The predicted molar refractivity (Wildman–Crippen MR) is 218 cm³/mol. The summed E-state index contributed by atoms with van der Waals surface area (Å²) in [5, 5.41) is 14.7. The summed E-state index contributed by atoms with van der Waals surface area (Å²) in [5.41, 5.74) is 3.56. The molecule has 3 aromatic carbocycles. The van der Waals surface area contributed by atoms with E-state index in [4.69, 9.17) is 15.0 Å². The lowest BCUT2D eigenvalue weighted by atomic mass is 10.1. The maximum absolute atomic E-state index is 14.0. The Morgan fingerprint density at radius 1 is 0.755 bits per heavy atom. The summed E-state index contributed by atoms with van der Waals surface area (Å²) in [4.78, 5) is 25.5. The van der Waals surface area contributed by atoms with Crippen LogP contribution in [0.5, 0.6) is 5.75 Å². The first-order chi connectivity index (χ1) is 24.3. The van der Waals surface area contributed by atoms with E-state index in [-0.39, 0.29) is 50.4 Å². The highest BCUT2D eigenvalue weighted by Gasteiger charge is 2.28. The monoisotopic (exact) mass is 765 g/mol. The second kappa shape index (κ2) is 18.0. The van der Waals surface area contributed by atoms with Gasteiger partial charge in [0.2, 0.25) is 17.8 Å². The van der Waals surface area contributed by atoms with Gasteiger partial charge in [-0.05, 0) is 68.1 Å². The third-order valence-corrected chi connectivity index (χ3v) is 10.9. The molecular weight excluding hydrogens is 714 g/mol. The van der Waals surface area contributed by atoms with Gasteiger partial charge in [0.25, 0.3) is 10.0 Å². The lowest BCUT2D eigenvalue weighted by Crippen LogP contribution is -2.47. The van der Waals surface area contributed by atoms with E-state index in [1.807, 2.05) is 61.8 Å². The number of benzene rings is 3. The number of halogens is 1. The molecule has 0 radical (unpaired) electrons. The number of rotatable bonds is 10. The Labute approximate surface area is 320 Å². The molecule has 2 saturated heterocycles. The molecule has 0 bridgehead atoms. The lowest BCUT2D eigenvalue weighted by Gasteiger charge is -2.36. The van der Waals surface area contributed by atoms with E-state index < -0.39 is 10.0 Å². The normalized spacial score (nSPS) is 14.3. The third-order valence-electron chi connectivity index (χ3n) is 9.12. The zero-order chi connectivity index (χ0) is 34.5. The Kier molecular flexibility index (Phi) is 13.8. The maximum atomic E-state index is 14.0. The Hall–Kier alpha value is -5.22. The van der Waals surface area contributed by atoms with Gasteiger partial charge in [-0.25, -0.2) is 8.42 Å². The largest absolute Gasteiger partial charge is 0.506 e. The second-order valence-electron chi connectivity index (χ2n) is 12.6. The van der Waals surface area contributed by atoms with Gasteiger partial charge >= 0.3 is 0 Å². The van der Waals surface area contributed by atoms with Crippen molar-refractivity contribution in [2.75, 3.05) is 63.6 Å². The number of nitrogens with zero attached hydrogens (tertiary/aromatic N) is 8. The van der Waals surface area contributed by atoms with Crippen LogP contribution in [0.1, 0.15) is 33.2 Å². The molecule has 53 heavy (non-hydrogen) atoms. The van der Waals surface area contributed by atoms with Gasteiger partial charge < -0.3 is 37.4 Å². The molecule has 2 aliphatic rings. The van der Waals surface area contributed by atoms with Crippen molar-refractivity contribution in [2.24, 2.45) is 0 Å². The van der Waals surface area contributed by atoms with Crippen molar-refractivity contribution >= 4 is 57.3 Å². The average Bonchev–Trinajstić information content (AvgIpc) is 3.15. The van der Waals surface area contributed by atoms with Crippen LogP contribution in [-0.2, 0) is 16.6 Å². The molecule has 0 aliphatic carbocycles. The SMILES string of the molecule is Cc1ccc(S(=O)(=O)N(Cc2ccccc2)c2ccc(Nc3nc(N4CCCCC4)nc(N4CCN(c5ccncc5)CC4)n3)cc2O)cc1.Cl.N.N.[HH].[HH]. The maximum Gasteiger partial charge on any atom is 0.264 e. The van der Waals surface area contributed by atoms with Crippen molar-refractivity contribution in [3.63, 3.8) is 0 Å². The first-order valence-corrected chi connectivity index (χ1v) is 18.4. The number of anilines is 6. The van der Waals surface area contributed by atoms with Crippen LogP contribution in [-0.4, -0.2) is 72.7 Å². The van der Waals surface area contributed by atoms with E-state index in [1.165, 1.54) is 16.8 Å². The van der Waals surface area contributed by atoms with Crippen LogP contribution in [0.3, 0.4) is 0 Å². The Bertz CT molecular complexity index is 2030. The highest BCUT2D eigenvalue weighted by atomic mass is 35.5. The van der Waals surface area contributed by atoms with E-state index in [9.17, 15) is 13.5 Å². The Balaban J connectivity index is 0.00000209. The van der Waals surface area contributed by atoms with E-state index in [0.29, 0.717) is 23.5 Å². The van der Waals surface area contributed by atoms with Crippen molar-refractivity contribution < 1.29 is 16.4 Å². The first kappa shape index (κ1) is 40.5. The lowest BCUT2D eigenvalue weighted by molar-refractivity contribution is 0.475. The van der Waals surface area contributed by atoms with E-state index in [0.717, 1.165) is 68.9 Å². The van der Waals surface area contributed by atoms with Gasteiger partial charge in [0.05, 0.1) is 17.1 Å². The molecule has 2 fully saturated rings. The zero-order valence-electron chi connectivity index (χ0n) is 29.9. The van der Waals surface area contributed by atoms with Crippen LogP contribution in [0, 0.1) is 6.92 Å². The smallest absolute Gasteiger partial charge is 0.264 e. The molecule has 0 spiro atoms. The molecular formula is C37H52ClN11O3S. The number of phenols is 1. The minimum Gasteiger partial charge on any atom is -0.506 e. The summed E-state index contributed by atoms with van der Waals surface area (Å²) < 4.78 is 29.3. The molecule has 2 aromatic heterocycles. The van der Waals surface area contributed by atoms with Crippen LogP contribution in [0.15, 0.2) is 102 Å². The van der Waals surface area contributed by atoms with Crippen molar-refractivity contribution in [3.05, 3.63) is 108 Å². The number of piperazine rings is 1. The molecule has 0 atom stereocenters. The fraction of sp³-hybridized carbons (Fsp3) is 0.297. The van der Waals surface area contributed by atoms with Gasteiger partial charge in [0, 0.05) is 72.0 Å². The number of aromatic hydroxyl groups is 1. The molecule has 14 nitrogen and oxygen atoms in total. The highest BCUT2D eigenvalue weighted by Crippen LogP contribution is 2.36. The first-order valence-electron chi connectivity index (χ1n) is 17.0. The molecule has 8 N–H and O–H groups in total. The summed E-state index contributed by atoms with van der Waals surface area (Å²) >= 11 is 0. The van der Waals surface area contributed by atoms with Crippen LogP contribution in [0.4, 0.5) is 34.9 Å². The molecule has 16 heteroatoms. The fourth-order valence-corrected chi connectivity index (χ4v) is 7.80. The number of sulfonamides is 1. The summed E-state index contributed by atoms with van der Waals surface area (Å²) in [6, 6.07) is 24.9. The molecule has 7 rings (SSSR count). The van der Waals surface area contributed by atoms with Crippen LogP contribution >= 0.6 is 12.4 Å². The summed E-state index contributed by atoms with van der Waals surface area (Å²) in [5.74, 6) is 1.37. The van der Waals surface area contributed by atoms with Gasteiger partial charge in [-0.15, -0.1) is 12.4 Å². The number of aromatic nitrogens is 4. The van der Waals surface area contributed by atoms with Crippen molar-refractivity contribution in [1.82, 2.24) is 32.2 Å². The standard InChI is InChI=1S/C37H41N9O3S.ClH.2H3N.2H2/c1-28-10-13-32(14-11-28)50(48,49)46(27-29-8-4-2-5-9-29)33-15-12-30(26-34(33)47)39-35-40-36(44-20-6-3-7-21-44)42-37(41-35)45-24-22-43(23-25-45)31-16-18-38-19-17-31;;;;;/h2,4-5,8-19,26,47H,3,6-7,20-25,27H2,1H3,(H,39,40,41,42);1H;2*1H3;2*1H. The molecule has 286 valence electrons. The van der Waals surface area contributed by atoms with Crippen molar-refractivity contribution in [3.8, 4) is 5.75 Å². The predicted octanol–water partition coefficient (Wildman–Crippen LogP) is 6.97. The van der Waals surface area contributed by atoms with E-state index >= 15 is 0 Å². The van der Waals surface area contributed by atoms with Gasteiger partial charge in [0.15, 0.2) is 0 Å². The van der Waals surface area contributed by atoms with Crippen LogP contribution in [0.25, 0.3) is 0 Å². The van der Waals surface area contributed by atoms with Crippen LogP contribution in [0.2, 0.25) is 0 Å². The molecule has 0 amide bonds. The molecule has 0 unspecified atom stereocenters. The number of phenolic OH excluding ortho intramolecular Hbond substituents is 1. The summed E-state index contributed by atoms with van der Waals surface area (Å²) in [6.07, 6.45) is 6.96. The van der Waals surface area contributed by atoms with E-state index in [1.54, 1.807) is 36.4 Å². The zero-order valence-corrected chi connectivity index (χ0v) is 31.5. The third kappa shape index (κ3) is 9.42. The minimum atomic E-state index is -4.02. The number of piperidine rings is 1. The molecule has 0 saturated carbocycles. The van der Waals surface area contributed by atoms with E-state index in [2.05, 4.69) is 25.0 Å². The summed E-state index contributed by atoms with van der Waals surface area (Å²) in [7, 11) is -4.02. The minimum absolute atomic E-state index is 0.